The summed E-state index contributed by atoms with van der Waals surface area (Å²) in [5.41, 5.74) is 0. The van der Waals surface area contributed by atoms with Gasteiger partial charge in [-0.25, -0.2) is 13.1 Å². The molecule has 2 rings (SSSR count). The van der Waals surface area contributed by atoms with Crippen LogP contribution in [0.2, 0.25) is 0 Å². The van der Waals surface area contributed by atoms with Gasteiger partial charge in [-0.3, -0.25) is 4.90 Å². The molecule has 7 heteroatoms. The molecule has 1 aliphatic rings. The van der Waals surface area contributed by atoms with Crippen LogP contribution in [0.3, 0.4) is 0 Å². The van der Waals surface area contributed by atoms with Crippen molar-refractivity contribution in [3.63, 3.8) is 0 Å². The zero-order chi connectivity index (χ0) is 14.6. The number of halogens is 1. The molecule has 0 aliphatic carbocycles. The molecule has 0 radical (unpaired) electrons. The fourth-order valence-electron chi connectivity index (χ4n) is 2.21. The number of rotatable bonds is 4. The summed E-state index contributed by atoms with van der Waals surface area (Å²) in [6.07, 6.45) is 1.47. The number of piperidine rings is 1. The SMILES string of the molecule is N#CCN1CCC(NS(=O)(=O)c2ccc(Br)cc2)CC1. The predicted octanol–water partition coefficient (Wildman–Crippen LogP) is 1.72. The van der Waals surface area contributed by atoms with Gasteiger partial charge in [0.05, 0.1) is 17.5 Å². The minimum Gasteiger partial charge on any atom is -0.290 e. The van der Waals surface area contributed by atoms with Crippen molar-refractivity contribution in [2.75, 3.05) is 19.6 Å². The maximum Gasteiger partial charge on any atom is 0.240 e. The van der Waals surface area contributed by atoms with Gasteiger partial charge in [-0.2, -0.15) is 5.26 Å². The molecule has 0 bridgehead atoms. The van der Waals surface area contributed by atoms with Gasteiger partial charge in [0.25, 0.3) is 0 Å². The summed E-state index contributed by atoms with van der Waals surface area (Å²) in [7, 11) is -3.46. The average molecular weight is 358 g/mol. The molecule has 1 aromatic rings. The number of sulfonamides is 1. The monoisotopic (exact) mass is 357 g/mol. The highest BCUT2D eigenvalue weighted by Gasteiger charge is 2.24. The summed E-state index contributed by atoms with van der Waals surface area (Å²) in [6.45, 7) is 1.91. The molecule has 1 aromatic carbocycles. The minimum atomic E-state index is -3.46. The van der Waals surface area contributed by atoms with Crippen molar-refractivity contribution in [1.29, 1.82) is 5.26 Å². The van der Waals surface area contributed by atoms with E-state index < -0.39 is 10.0 Å². The summed E-state index contributed by atoms with van der Waals surface area (Å²) >= 11 is 3.28. The summed E-state index contributed by atoms with van der Waals surface area (Å²) in [6, 6.07) is 8.64. The van der Waals surface area contributed by atoms with Crippen LogP contribution in [-0.4, -0.2) is 39.0 Å². The van der Waals surface area contributed by atoms with Crippen molar-refractivity contribution in [3.05, 3.63) is 28.7 Å². The van der Waals surface area contributed by atoms with Gasteiger partial charge >= 0.3 is 0 Å². The predicted molar refractivity (Wildman–Crippen MR) is 79.5 cm³/mol. The minimum absolute atomic E-state index is 0.0569. The molecular weight excluding hydrogens is 342 g/mol. The fourth-order valence-corrected chi connectivity index (χ4v) is 3.78. The lowest BCUT2D eigenvalue weighted by atomic mass is 10.1. The van der Waals surface area contributed by atoms with Crippen molar-refractivity contribution < 1.29 is 8.42 Å². The average Bonchev–Trinajstić information content (AvgIpc) is 2.41. The van der Waals surface area contributed by atoms with E-state index in [0.29, 0.717) is 6.54 Å². The number of hydrogen-bond donors (Lipinski definition) is 1. The summed E-state index contributed by atoms with van der Waals surface area (Å²) in [4.78, 5) is 2.31. The summed E-state index contributed by atoms with van der Waals surface area (Å²) in [5, 5.41) is 8.63. The van der Waals surface area contributed by atoms with E-state index >= 15 is 0 Å². The number of likely N-dealkylation sites (tertiary alicyclic amines) is 1. The molecule has 0 spiro atoms. The summed E-state index contributed by atoms with van der Waals surface area (Å²) < 4.78 is 28.0. The highest BCUT2D eigenvalue weighted by Crippen LogP contribution is 2.17. The second-order valence-corrected chi connectivity index (χ2v) is 7.41. The Balaban J connectivity index is 1.96. The van der Waals surface area contributed by atoms with Crippen LogP contribution in [0, 0.1) is 11.3 Å². The maximum atomic E-state index is 12.2. The molecule has 0 atom stereocenters. The van der Waals surface area contributed by atoms with Crippen molar-refractivity contribution in [3.8, 4) is 6.07 Å². The van der Waals surface area contributed by atoms with E-state index in [1.807, 2.05) is 4.90 Å². The van der Waals surface area contributed by atoms with E-state index in [-0.39, 0.29) is 10.9 Å². The quantitative estimate of drug-likeness (QED) is 0.832. The second kappa shape index (κ2) is 6.68. The van der Waals surface area contributed by atoms with Crippen molar-refractivity contribution in [1.82, 2.24) is 9.62 Å². The molecule has 108 valence electrons. The third-order valence-corrected chi connectivity index (χ3v) is 5.39. The van der Waals surface area contributed by atoms with Crippen LogP contribution in [0.4, 0.5) is 0 Å². The highest BCUT2D eigenvalue weighted by atomic mass is 79.9. The molecule has 20 heavy (non-hydrogen) atoms. The summed E-state index contributed by atoms with van der Waals surface area (Å²) in [5.74, 6) is 0. The molecule has 1 fully saturated rings. The van der Waals surface area contributed by atoms with E-state index in [2.05, 4.69) is 26.7 Å². The Bertz CT molecular complexity index is 587. The number of benzene rings is 1. The lowest BCUT2D eigenvalue weighted by Gasteiger charge is -2.30. The van der Waals surface area contributed by atoms with Gasteiger partial charge in [0, 0.05) is 23.6 Å². The Labute approximate surface area is 127 Å². The topological polar surface area (TPSA) is 73.2 Å². The van der Waals surface area contributed by atoms with Crippen LogP contribution in [0.15, 0.2) is 33.6 Å². The smallest absolute Gasteiger partial charge is 0.240 e. The molecule has 1 saturated heterocycles. The van der Waals surface area contributed by atoms with Gasteiger partial charge < -0.3 is 0 Å². The first kappa shape index (κ1) is 15.4. The van der Waals surface area contributed by atoms with Crippen LogP contribution in [0.25, 0.3) is 0 Å². The van der Waals surface area contributed by atoms with Gasteiger partial charge in [-0.15, -0.1) is 0 Å². The Morgan fingerprint density at radius 3 is 2.45 bits per heavy atom. The van der Waals surface area contributed by atoms with Crippen LogP contribution in [-0.2, 0) is 10.0 Å². The lowest BCUT2D eigenvalue weighted by Crippen LogP contribution is -2.44. The molecule has 1 heterocycles. The van der Waals surface area contributed by atoms with E-state index in [1.165, 1.54) is 0 Å². The van der Waals surface area contributed by atoms with E-state index in [1.54, 1.807) is 24.3 Å². The number of nitrogens with zero attached hydrogens (tertiary/aromatic N) is 2. The first-order valence-corrected chi connectivity index (χ1v) is 8.66. The number of nitriles is 1. The lowest BCUT2D eigenvalue weighted by molar-refractivity contribution is 0.229. The molecule has 0 saturated carbocycles. The second-order valence-electron chi connectivity index (χ2n) is 4.78. The fraction of sp³-hybridized carbons (Fsp3) is 0.462. The number of hydrogen-bond acceptors (Lipinski definition) is 4. The molecule has 0 aromatic heterocycles. The zero-order valence-electron chi connectivity index (χ0n) is 10.9. The van der Waals surface area contributed by atoms with Gasteiger partial charge in [-0.1, -0.05) is 15.9 Å². The molecule has 5 nitrogen and oxygen atoms in total. The van der Waals surface area contributed by atoms with Crippen molar-refractivity contribution in [2.24, 2.45) is 0 Å². The first-order valence-electron chi connectivity index (χ1n) is 6.38. The van der Waals surface area contributed by atoms with Gasteiger partial charge in [0.15, 0.2) is 0 Å². The van der Waals surface area contributed by atoms with E-state index in [0.717, 1.165) is 30.4 Å². The highest BCUT2D eigenvalue weighted by molar-refractivity contribution is 9.10. The third-order valence-electron chi connectivity index (χ3n) is 3.33. The molecule has 0 unspecified atom stereocenters. The Morgan fingerprint density at radius 1 is 1.30 bits per heavy atom. The Kier molecular flexibility index (Phi) is 5.16. The van der Waals surface area contributed by atoms with Gasteiger partial charge in [0.1, 0.15) is 0 Å². The number of nitrogens with one attached hydrogen (secondary N) is 1. The molecule has 1 aliphatic heterocycles. The molecule has 0 amide bonds. The van der Waals surface area contributed by atoms with Crippen LogP contribution in [0.1, 0.15) is 12.8 Å². The Morgan fingerprint density at radius 2 is 1.90 bits per heavy atom. The van der Waals surface area contributed by atoms with Crippen molar-refractivity contribution in [2.45, 2.75) is 23.8 Å². The maximum absolute atomic E-state index is 12.2. The third kappa shape index (κ3) is 4.03. The first-order chi connectivity index (χ1) is 9.51. The van der Waals surface area contributed by atoms with E-state index in [4.69, 9.17) is 5.26 Å². The van der Waals surface area contributed by atoms with Crippen molar-refractivity contribution >= 4 is 26.0 Å². The normalized spacial score (nSPS) is 17.8. The van der Waals surface area contributed by atoms with Gasteiger partial charge in [-0.05, 0) is 37.1 Å². The zero-order valence-corrected chi connectivity index (χ0v) is 13.3. The van der Waals surface area contributed by atoms with E-state index in [9.17, 15) is 8.42 Å². The van der Waals surface area contributed by atoms with Gasteiger partial charge in [0.2, 0.25) is 10.0 Å². The van der Waals surface area contributed by atoms with Crippen LogP contribution in [0.5, 0.6) is 0 Å². The largest absolute Gasteiger partial charge is 0.290 e. The van der Waals surface area contributed by atoms with Crippen LogP contribution < -0.4 is 4.72 Å². The molecular formula is C13H16BrN3O2S. The molecule has 1 N–H and O–H groups in total. The standard InChI is InChI=1S/C13H16BrN3O2S/c14-11-1-3-13(4-2-11)20(18,19)16-12-5-8-17(9-6-12)10-7-15/h1-4,12,16H,5-6,8-10H2. The Hall–Kier alpha value is -0.940. The van der Waals surface area contributed by atoms with Crippen LogP contribution >= 0.6 is 15.9 Å².